The lowest BCUT2D eigenvalue weighted by atomic mass is 10.0. The minimum atomic E-state index is 0.351. The highest BCUT2D eigenvalue weighted by molar-refractivity contribution is 7.80. The molecule has 0 aromatic carbocycles. The highest BCUT2D eigenvalue weighted by atomic mass is 32.1. The molecular weight excluding hydrogens is 242 g/mol. The second kappa shape index (κ2) is 11.1. The first kappa shape index (κ1) is 16.3. The summed E-state index contributed by atoms with van der Waals surface area (Å²) in [5, 5.41) is 9.34. The number of aliphatic hydroxyl groups is 1. The van der Waals surface area contributed by atoms with Crippen molar-refractivity contribution in [1.82, 2.24) is 4.90 Å². The van der Waals surface area contributed by atoms with E-state index < -0.39 is 0 Å². The Balaban J connectivity index is 1.93. The highest BCUT2D eigenvalue weighted by Gasteiger charge is 2.20. The first-order valence-corrected chi connectivity index (χ1v) is 8.47. The monoisotopic (exact) mass is 273 g/mol. The maximum Gasteiger partial charge on any atom is 0.0586 e. The van der Waals surface area contributed by atoms with Crippen molar-refractivity contribution in [2.24, 2.45) is 0 Å². The minimum Gasteiger partial charge on any atom is -0.395 e. The van der Waals surface area contributed by atoms with Gasteiger partial charge in [-0.05, 0) is 44.5 Å². The molecule has 1 heterocycles. The Labute approximate surface area is 119 Å². The van der Waals surface area contributed by atoms with E-state index in [1.165, 1.54) is 77.3 Å². The molecule has 1 rings (SSSR count). The average Bonchev–Trinajstić information content (AvgIpc) is 2.42. The third-order valence-corrected chi connectivity index (χ3v) is 4.38. The Hall–Kier alpha value is 0.270. The predicted octanol–water partition coefficient (Wildman–Crippen LogP) is 3.49. The van der Waals surface area contributed by atoms with Crippen molar-refractivity contribution in [1.29, 1.82) is 0 Å². The van der Waals surface area contributed by atoms with Crippen LogP contribution in [0.2, 0.25) is 0 Å². The van der Waals surface area contributed by atoms with E-state index in [0.29, 0.717) is 12.6 Å². The van der Waals surface area contributed by atoms with Crippen LogP contribution in [0.3, 0.4) is 0 Å². The van der Waals surface area contributed by atoms with Gasteiger partial charge in [0, 0.05) is 6.04 Å². The smallest absolute Gasteiger partial charge is 0.0586 e. The van der Waals surface area contributed by atoms with Gasteiger partial charge in [0.2, 0.25) is 0 Å². The molecule has 2 nitrogen and oxygen atoms in total. The highest BCUT2D eigenvalue weighted by Crippen LogP contribution is 2.17. The summed E-state index contributed by atoms with van der Waals surface area (Å²) in [5.74, 6) is 1.04. The summed E-state index contributed by atoms with van der Waals surface area (Å²) in [7, 11) is 0. The van der Waals surface area contributed by atoms with E-state index in [1.807, 2.05) is 0 Å². The van der Waals surface area contributed by atoms with E-state index in [9.17, 15) is 5.11 Å². The largest absolute Gasteiger partial charge is 0.395 e. The van der Waals surface area contributed by atoms with Gasteiger partial charge in [0.1, 0.15) is 0 Å². The van der Waals surface area contributed by atoms with Gasteiger partial charge < -0.3 is 5.11 Å². The molecule has 1 aliphatic heterocycles. The van der Waals surface area contributed by atoms with Crippen LogP contribution < -0.4 is 0 Å². The first-order chi connectivity index (χ1) is 8.88. The number of hydrogen-bond donors (Lipinski definition) is 2. The summed E-state index contributed by atoms with van der Waals surface area (Å²) in [6.07, 6.45) is 13.2. The molecule has 0 amide bonds. The van der Waals surface area contributed by atoms with Gasteiger partial charge in [0.05, 0.1) is 6.61 Å². The van der Waals surface area contributed by atoms with Gasteiger partial charge in [-0.3, -0.25) is 4.90 Å². The molecule has 1 aliphatic rings. The van der Waals surface area contributed by atoms with Crippen molar-refractivity contribution >= 4 is 12.6 Å². The van der Waals surface area contributed by atoms with E-state index in [-0.39, 0.29) is 0 Å². The maximum absolute atomic E-state index is 9.34. The molecule has 0 bridgehead atoms. The van der Waals surface area contributed by atoms with Crippen LogP contribution in [0.25, 0.3) is 0 Å². The third-order valence-electron chi connectivity index (χ3n) is 4.06. The predicted molar refractivity (Wildman–Crippen MR) is 82.5 cm³/mol. The molecule has 1 saturated heterocycles. The zero-order valence-corrected chi connectivity index (χ0v) is 12.7. The van der Waals surface area contributed by atoms with Crippen LogP contribution in [0.5, 0.6) is 0 Å². The Bertz CT molecular complexity index is 189. The molecule has 0 saturated carbocycles. The molecule has 0 aliphatic carbocycles. The summed E-state index contributed by atoms with van der Waals surface area (Å²) < 4.78 is 0. The van der Waals surface area contributed by atoms with Crippen molar-refractivity contribution in [3.05, 3.63) is 0 Å². The minimum absolute atomic E-state index is 0.351. The molecule has 18 heavy (non-hydrogen) atoms. The number of piperidine rings is 1. The fourth-order valence-electron chi connectivity index (χ4n) is 2.87. The zero-order valence-electron chi connectivity index (χ0n) is 11.8. The van der Waals surface area contributed by atoms with E-state index in [2.05, 4.69) is 17.5 Å². The fraction of sp³-hybridized carbons (Fsp3) is 1.00. The number of aliphatic hydroxyl groups excluding tert-OH is 1. The van der Waals surface area contributed by atoms with Gasteiger partial charge in [-0.2, -0.15) is 12.6 Å². The average molecular weight is 273 g/mol. The van der Waals surface area contributed by atoms with Crippen LogP contribution in [-0.4, -0.2) is 41.5 Å². The summed E-state index contributed by atoms with van der Waals surface area (Å²) in [4.78, 5) is 2.50. The van der Waals surface area contributed by atoms with Gasteiger partial charge in [-0.25, -0.2) is 0 Å². The molecule has 1 unspecified atom stereocenters. The van der Waals surface area contributed by atoms with Gasteiger partial charge in [0.25, 0.3) is 0 Å². The van der Waals surface area contributed by atoms with Gasteiger partial charge in [-0.1, -0.05) is 38.5 Å². The van der Waals surface area contributed by atoms with Crippen molar-refractivity contribution < 1.29 is 5.11 Å². The molecular formula is C15H31NOS. The zero-order chi connectivity index (χ0) is 13.1. The second-order valence-corrected chi connectivity index (χ2v) is 6.01. The molecule has 0 aromatic rings. The van der Waals surface area contributed by atoms with Crippen LogP contribution in [0.15, 0.2) is 0 Å². The Kier molecular flexibility index (Phi) is 10.1. The number of nitrogens with zero attached hydrogens (tertiary/aromatic N) is 1. The van der Waals surface area contributed by atoms with Crippen LogP contribution >= 0.6 is 12.6 Å². The third kappa shape index (κ3) is 7.01. The van der Waals surface area contributed by atoms with Gasteiger partial charge in [-0.15, -0.1) is 0 Å². The van der Waals surface area contributed by atoms with E-state index in [1.54, 1.807) is 0 Å². The topological polar surface area (TPSA) is 23.5 Å². The van der Waals surface area contributed by atoms with Crippen molar-refractivity contribution in [2.45, 2.75) is 70.3 Å². The summed E-state index contributed by atoms with van der Waals surface area (Å²) >= 11 is 4.23. The Morgan fingerprint density at radius 2 is 1.61 bits per heavy atom. The number of hydrogen-bond acceptors (Lipinski definition) is 3. The SMILES string of the molecule is OCC1CCCCN1CCCCCCCCCS. The van der Waals surface area contributed by atoms with Crippen molar-refractivity contribution in [2.75, 3.05) is 25.4 Å². The number of unbranched alkanes of at least 4 members (excludes halogenated alkanes) is 6. The van der Waals surface area contributed by atoms with Crippen molar-refractivity contribution in [3.63, 3.8) is 0 Å². The summed E-state index contributed by atoms with van der Waals surface area (Å²) in [6.45, 7) is 2.75. The van der Waals surface area contributed by atoms with Crippen LogP contribution in [0.4, 0.5) is 0 Å². The molecule has 0 radical (unpaired) electrons. The van der Waals surface area contributed by atoms with Gasteiger partial charge in [0.15, 0.2) is 0 Å². The van der Waals surface area contributed by atoms with Crippen LogP contribution in [0, 0.1) is 0 Å². The lowest BCUT2D eigenvalue weighted by Gasteiger charge is -2.34. The lowest BCUT2D eigenvalue weighted by molar-refractivity contribution is 0.0886. The molecule has 0 spiro atoms. The van der Waals surface area contributed by atoms with Crippen LogP contribution in [-0.2, 0) is 0 Å². The quantitative estimate of drug-likeness (QED) is 0.470. The molecule has 3 heteroatoms. The van der Waals surface area contributed by atoms with E-state index in [0.717, 1.165) is 5.75 Å². The van der Waals surface area contributed by atoms with Crippen molar-refractivity contribution in [3.8, 4) is 0 Å². The Morgan fingerprint density at radius 3 is 2.28 bits per heavy atom. The molecule has 1 atom stereocenters. The second-order valence-electron chi connectivity index (χ2n) is 5.57. The summed E-state index contributed by atoms with van der Waals surface area (Å²) in [5.41, 5.74) is 0. The number of likely N-dealkylation sites (tertiary alicyclic amines) is 1. The number of thiol groups is 1. The van der Waals surface area contributed by atoms with E-state index in [4.69, 9.17) is 0 Å². The maximum atomic E-state index is 9.34. The van der Waals surface area contributed by atoms with Gasteiger partial charge >= 0.3 is 0 Å². The lowest BCUT2D eigenvalue weighted by Crippen LogP contribution is -2.42. The fourth-order valence-corrected chi connectivity index (χ4v) is 3.10. The van der Waals surface area contributed by atoms with Crippen LogP contribution in [0.1, 0.15) is 64.2 Å². The normalized spacial score (nSPS) is 21.3. The first-order valence-electron chi connectivity index (χ1n) is 7.84. The molecule has 1 fully saturated rings. The summed E-state index contributed by atoms with van der Waals surface area (Å²) in [6, 6.07) is 0.453. The molecule has 1 N–H and O–H groups in total. The Morgan fingerprint density at radius 1 is 0.944 bits per heavy atom. The molecule has 0 aromatic heterocycles. The standard InChI is InChI=1S/C15H31NOS/c17-14-15-10-6-8-12-16(15)11-7-4-2-1-3-5-9-13-18/h15,17-18H,1-14H2. The molecule has 108 valence electrons. The van der Waals surface area contributed by atoms with E-state index >= 15 is 0 Å². The number of rotatable bonds is 10.